The zero-order valence-corrected chi connectivity index (χ0v) is 24.6. The number of benzene rings is 5. The molecular formula is C40H40N2. The first-order valence-corrected chi connectivity index (χ1v) is 16.1. The van der Waals surface area contributed by atoms with Gasteiger partial charge < -0.3 is 4.90 Å². The van der Waals surface area contributed by atoms with Crippen LogP contribution in [0.15, 0.2) is 109 Å². The van der Waals surface area contributed by atoms with Crippen LogP contribution in [0, 0.1) is 12.8 Å². The second kappa shape index (κ2) is 10.7. The number of nitrogens with zero attached hydrogens (tertiary/aromatic N) is 1. The van der Waals surface area contributed by atoms with Crippen LogP contribution >= 0.6 is 0 Å². The van der Waals surface area contributed by atoms with Crippen LogP contribution < -0.4 is 10.2 Å². The Bertz CT molecular complexity index is 1770. The third kappa shape index (κ3) is 4.36. The van der Waals surface area contributed by atoms with Gasteiger partial charge in [-0.1, -0.05) is 115 Å². The first kappa shape index (κ1) is 25.8. The lowest BCUT2D eigenvalue weighted by atomic mass is 9.85. The van der Waals surface area contributed by atoms with Crippen molar-refractivity contribution in [3.8, 4) is 22.3 Å². The number of anilines is 1. The van der Waals surface area contributed by atoms with Crippen molar-refractivity contribution in [2.75, 3.05) is 4.90 Å². The number of aryl methyl sites for hydroxylation is 1. The van der Waals surface area contributed by atoms with E-state index in [9.17, 15) is 0 Å². The van der Waals surface area contributed by atoms with Crippen LogP contribution in [0.4, 0.5) is 5.69 Å². The van der Waals surface area contributed by atoms with Crippen molar-refractivity contribution in [2.24, 2.45) is 5.92 Å². The summed E-state index contributed by atoms with van der Waals surface area (Å²) < 4.78 is 0. The predicted octanol–water partition coefficient (Wildman–Crippen LogP) is 10.0. The highest BCUT2D eigenvalue weighted by molar-refractivity contribution is 6.21. The molecule has 0 amide bonds. The molecule has 2 fully saturated rings. The standard InChI is InChI=1S/C40H40N2/c1-27-20-25-34-35(26-27)39(33-17-9-8-16-32(33)38(34)28-12-4-2-5-13-28)29-21-23-31(24-22-29)42-37-19-11-10-18-36(37)41-40(42)30-14-6-3-7-15-30/h2,4-6,8-9,12-14,16-17,20-26,30,36-37,40-41H,3,7,10-11,15,18-19H2,1H3. The van der Waals surface area contributed by atoms with Crippen LogP contribution in [0.25, 0.3) is 43.8 Å². The maximum Gasteiger partial charge on any atom is 0.0865 e. The third-order valence-electron chi connectivity index (χ3n) is 10.2. The zero-order chi connectivity index (χ0) is 28.0. The van der Waals surface area contributed by atoms with Crippen molar-refractivity contribution >= 4 is 27.2 Å². The Balaban J connectivity index is 1.27. The fourth-order valence-electron chi connectivity index (χ4n) is 8.25. The number of hydrogen-bond acceptors (Lipinski definition) is 2. The Labute approximate surface area is 250 Å². The molecule has 4 atom stereocenters. The van der Waals surface area contributed by atoms with E-state index in [4.69, 9.17) is 0 Å². The summed E-state index contributed by atoms with van der Waals surface area (Å²) >= 11 is 0. The number of nitrogens with one attached hydrogen (secondary N) is 1. The SMILES string of the molecule is Cc1ccc2c(-c3ccccc3)c3ccccc3c(-c3ccc(N4C5CCCCC5NC4C4C=CCCC4)cc3)c2c1. The van der Waals surface area contributed by atoms with Crippen LogP contribution in [0.2, 0.25) is 0 Å². The minimum absolute atomic E-state index is 0.398. The van der Waals surface area contributed by atoms with Crippen molar-refractivity contribution in [3.05, 3.63) is 115 Å². The first-order chi connectivity index (χ1) is 20.8. The van der Waals surface area contributed by atoms with Gasteiger partial charge in [0.15, 0.2) is 0 Å². The molecule has 8 rings (SSSR count). The van der Waals surface area contributed by atoms with Gasteiger partial charge in [0.1, 0.15) is 0 Å². The summed E-state index contributed by atoms with van der Waals surface area (Å²) in [6.07, 6.45) is 14.4. The summed E-state index contributed by atoms with van der Waals surface area (Å²) in [6.45, 7) is 2.21. The van der Waals surface area contributed by atoms with Crippen molar-refractivity contribution in [2.45, 2.75) is 70.1 Å². The van der Waals surface area contributed by atoms with Gasteiger partial charge in [0.05, 0.1) is 6.17 Å². The molecule has 3 aliphatic rings. The summed E-state index contributed by atoms with van der Waals surface area (Å²) in [5, 5.41) is 9.40. The molecule has 1 aliphatic heterocycles. The van der Waals surface area contributed by atoms with Crippen LogP contribution in [0.3, 0.4) is 0 Å². The number of hydrogen-bond donors (Lipinski definition) is 1. The molecule has 4 unspecified atom stereocenters. The molecule has 0 bridgehead atoms. The molecule has 5 aromatic rings. The lowest BCUT2D eigenvalue weighted by molar-refractivity contribution is 0.373. The molecule has 2 nitrogen and oxygen atoms in total. The van der Waals surface area contributed by atoms with Crippen molar-refractivity contribution in [1.82, 2.24) is 5.32 Å². The highest BCUT2D eigenvalue weighted by atomic mass is 15.4. The van der Waals surface area contributed by atoms with E-state index in [2.05, 4.69) is 126 Å². The van der Waals surface area contributed by atoms with Crippen LogP contribution in [0.5, 0.6) is 0 Å². The maximum atomic E-state index is 4.11. The van der Waals surface area contributed by atoms with Crippen molar-refractivity contribution < 1.29 is 0 Å². The van der Waals surface area contributed by atoms with Gasteiger partial charge in [-0.15, -0.1) is 0 Å². The zero-order valence-electron chi connectivity index (χ0n) is 24.6. The van der Waals surface area contributed by atoms with Gasteiger partial charge in [0.2, 0.25) is 0 Å². The molecule has 1 heterocycles. The van der Waals surface area contributed by atoms with Crippen LogP contribution in [0.1, 0.15) is 50.5 Å². The minimum Gasteiger partial charge on any atom is -0.351 e. The number of rotatable bonds is 4. The fraction of sp³-hybridized carbons (Fsp3) is 0.300. The fourth-order valence-corrected chi connectivity index (χ4v) is 8.25. The third-order valence-corrected chi connectivity index (χ3v) is 10.2. The molecule has 2 aliphatic carbocycles. The van der Waals surface area contributed by atoms with Gasteiger partial charge in [0, 0.05) is 23.7 Å². The largest absolute Gasteiger partial charge is 0.351 e. The van der Waals surface area contributed by atoms with E-state index in [0.717, 1.165) is 0 Å². The van der Waals surface area contributed by atoms with E-state index in [-0.39, 0.29) is 0 Å². The quantitative estimate of drug-likeness (QED) is 0.178. The molecule has 1 saturated heterocycles. The second-order valence-electron chi connectivity index (χ2n) is 12.8. The van der Waals surface area contributed by atoms with Gasteiger partial charge >= 0.3 is 0 Å². The van der Waals surface area contributed by atoms with Crippen molar-refractivity contribution in [3.63, 3.8) is 0 Å². The average molecular weight is 549 g/mol. The smallest absolute Gasteiger partial charge is 0.0865 e. The molecule has 2 heteroatoms. The summed E-state index contributed by atoms with van der Waals surface area (Å²) in [5.74, 6) is 0.588. The summed E-state index contributed by atoms with van der Waals surface area (Å²) in [5.41, 5.74) is 7.91. The van der Waals surface area contributed by atoms with E-state index in [1.807, 2.05) is 0 Å². The molecule has 0 aromatic heterocycles. The van der Waals surface area contributed by atoms with Gasteiger partial charge in [-0.3, -0.25) is 5.32 Å². The Morgan fingerprint density at radius 1 is 0.643 bits per heavy atom. The molecule has 0 radical (unpaired) electrons. The highest BCUT2D eigenvalue weighted by Gasteiger charge is 2.44. The normalized spacial score (nSPS) is 23.9. The van der Waals surface area contributed by atoms with E-state index in [1.54, 1.807) is 0 Å². The Morgan fingerprint density at radius 3 is 2.10 bits per heavy atom. The molecule has 5 aromatic carbocycles. The maximum absolute atomic E-state index is 4.11. The molecule has 1 N–H and O–H groups in total. The lowest BCUT2D eigenvalue weighted by Gasteiger charge is -2.37. The number of fused-ring (bicyclic) bond motifs is 3. The summed E-state index contributed by atoms with van der Waals surface area (Å²) in [7, 11) is 0. The lowest BCUT2D eigenvalue weighted by Crippen LogP contribution is -2.44. The Hall–Kier alpha value is -3.88. The van der Waals surface area contributed by atoms with Crippen LogP contribution in [-0.2, 0) is 0 Å². The van der Waals surface area contributed by atoms with E-state index >= 15 is 0 Å². The minimum atomic E-state index is 0.398. The van der Waals surface area contributed by atoms with Gasteiger partial charge in [-0.05, 0) is 95.0 Å². The molecule has 210 valence electrons. The molecule has 0 spiro atoms. The van der Waals surface area contributed by atoms with E-state index in [0.29, 0.717) is 24.2 Å². The summed E-state index contributed by atoms with van der Waals surface area (Å²) in [4.78, 5) is 2.77. The predicted molar refractivity (Wildman–Crippen MR) is 179 cm³/mol. The van der Waals surface area contributed by atoms with E-state index < -0.39 is 0 Å². The first-order valence-electron chi connectivity index (χ1n) is 16.1. The second-order valence-corrected chi connectivity index (χ2v) is 12.8. The highest BCUT2D eigenvalue weighted by Crippen LogP contribution is 2.45. The topological polar surface area (TPSA) is 15.3 Å². The molecular weight excluding hydrogens is 508 g/mol. The van der Waals surface area contributed by atoms with Crippen LogP contribution in [-0.4, -0.2) is 18.2 Å². The average Bonchev–Trinajstić information content (AvgIpc) is 3.44. The van der Waals surface area contributed by atoms with E-state index in [1.165, 1.54) is 100.0 Å². The monoisotopic (exact) mass is 548 g/mol. The van der Waals surface area contributed by atoms with Gasteiger partial charge in [-0.25, -0.2) is 0 Å². The Morgan fingerprint density at radius 2 is 1.33 bits per heavy atom. The van der Waals surface area contributed by atoms with Gasteiger partial charge in [-0.2, -0.15) is 0 Å². The molecule has 42 heavy (non-hydrogen) atoms. The number of allylic oxidation sites excluding steroid dienone is 1. The Kier molecular flexibility index (Phi) is 6.60. The van der Waals surface area contributed by atoms with Crippen molar-refractivity contribution in [1.29, 1.82) is 0 Å². The van der Waals surface area contributed by atoms with Gasteiger partial charge in [0.25, 0.3) is 0 Å². The summed E-state index contributed by atoms with van der Waals surface area (Å²) in [6, 6.07) is 37.7. The molecule has 1 saturated carbocycles.